The number of anilines is 3. The molecule has 1 aromatic heterocycles. The second-order valence-electron chi connectivity index (χ2n) is 17.7. The van der Waals surface area contributed by atoms with Crippen LogP contribution in [0, 0.1) is 17.4 Å². The number of hydrogen-bond donors (Lipinski definition) is 9. The van der Waals surface area contributed by atoms with Crippen molar-refractivity contribution in [3.63, 3.8) is 0 Å². The van der Waals surface area contributed by atoms with Gasteiger partial charge < -0.3 is 60.8 Å². The molecule has 3 aliphatic rings. The smallest absolute Gasteiger partial charge is 0.411 e. The number of rotatable bonds is 23. The van der Waals surface area contributed by atoms with Crippen LogP contribution in [0.3, 0.4) is 0 Å². The summed E-state index contributed by atoms with van der Waals surface area (Å²) in [7, 11) is 0. The molecule has 5 atom stereocenters. The van der Waals surface area contributed by atoms with Gasteiger partial charge in [0.2, 0.25) is 30.3 Å². The summed E-state index contributed by atoms with van der Waals surface area (Å²) in [5, 5.41) is 63.7. The third-order valence-electron chi connectivity index (χ3n) is 12.3. The van der Waals surface area contributed by atoms with Crippen molar-refractivity contribution in [2.75, 3.05) is 48.7 Å². The van der Waals surface area contributed by atoms with Crippen molar-refractivity contribution >= 4 is 64.6 Å². The summed E-state index contributed by atoms with van der Waals surface area (Å²) in [6.07, 6.45) is 2.95. The monoisotopic (exact) mass is 1020 g/mol. The Labute approximate surface area is 425 Å². The number of aliphatic hydroxyl groups excluding tert-OH is 3. The molecule has 0 spiro atoms. The number of likely N-dealkylation sites (tertiary alicyclic amines) is 1. The highest BCUT2D eigenvalue weighted by Crippen LogP contribution is 2.32. The summed E-state index contributed by atoms with van der Waals surface area (Å²) >= 11 is 0. The molecule has 24 nitrogen and oxygen atoms in total. The Hall–Kier alpha value is -7.98. The molecule has 6 amide bonds. The average Bonchev–Trinajstić information content (AvgIpc) is 3.71. The lowest BCUT2D eigenvalue weighted by Gasteiger charge is -2.38. The van der Waals surface area contributed by atoms with E-state index >= 15 is 0 Å². The largest absolute Gasteiger partial charge is 0.479 e. The topological polar surface area (TPSA) is 344 Å². The van der Waals surface area contributed by atoms with Crippen LogP contribution in [0.25, 0.3) is 0 Å². The fourth-order valence-corrected chi connectivity index (χ4v) is 8.28. The van der Waals surface area contributed by atoms with Gasteiger partial charge >= 0.3 is 12.1 Å². The lowest BCUT2D eigenvalue weighted by Crippen LogP contribution is -2.61. The number of nitriles is 1. The molecule has 24 heteroatoms. The summed E-state index contributed by atoms with van der Waals surface area (Å²) in [4.78, 5) is 98.1. The number of carbonyl (C=O) groups is 7. The van der Waals surface area contributed by atoms with Gasteiger partial charge in [-0.1, -0.05) is 31.4 Å². The van der Waals surface area contributed by atoms with E-state index in [-0.39, 0.29) is 67.6 Å². The second kappa shape index (κ2) is 27.7. The molecular formula is C50H60N10O14. The Morgan fingerprint density at radius 1 is 0.811 bits per heavy atom. The Kier molecular flexibility index (Phi) is 20.7. The lowest BCUT2D eigenvalue weighted by atomic mass is 9.91. The number of ether oxygens (including phenoxy) is 3. The summed E-state index contributed by atoms with van der Waals surface area (Å²) in [6.45, 7) is 1.62. The first-order valence-electron chi connectivity index (χ1n) is 24.2. The van der Waals surface area contributed by atoms with Crippen molar-refractivity contribution < 1.29 is 68.2 Å². The van der Waals surface area contributed by atoms with Crippen LogP contribution in [0.1, 0.15) is 80.1 Å². The molecule has 2 aromatic carbocycles. The van der Waals surface area contributed by atoms with Gasteiger partial charge in [0.1, 0.15) is 30.7 Å². The normalized spacial score (nSPS) is 19.8. The maximum Gasteiger partial charge on any atom is 0.411 e. The molecule has 3 aliphatic heterocycles. The fourth-order valence-electron chi connectivity index (χ4n) is 8.28. The number of amides is 6. The van der Waals surface area contributed by atoms with E-state index < -0.39 is 48.7 Å². The molecule has 0 radical (unpaired) electrons. The van der Waals surface area contributed by atoms with Gasteiger partial charge in [-0.05, 0) is 86.1 Å². The third kappa shape index (κ3) is 16.5. The number of aromatic nitrogens is 1. The lowest BCUT2D eigenvalue weighted by molar-refractivity contribution is -0.271. The van der Waals surface area contributed by atoms with E-state index in [0.717, 1.165) is 37.0 Å². The zero-order chi connectivity index (χ0) is 53.0. The minimum absolute atomic E-state index is 0.0492. The molecular weight excluding hydrogens is 965 g/mol. The number of piperidine rings is 1. The number of guanidine groups is 1. The first kappa shape index (κ1) is 55.3. The van der Waals surface area contributed by atoms with Gasteiger partial charge in [-0.25, -0.2) is 9.59 Å². The first-order chi connectivity index (χ1) is 35.7. The van der Waals surface area contributed by atoms with Crippen LogP contribution in [0.5, 0.6) is 5.75 Å². The quantitative estimate of drug-likeness (QED) is 0.0217. The highest BCUT2D eigenvalue weighted by Gasteiger charge is 2.48. The Bertz CT molecular complexity index is 2550. The van der Waals surface area contributed by atoms with E-state index in [1.54, 1.807) is 53.8 Å². The van der Waals surface area contributed by atoms with Gasteiger partial charge in [0, 0.05) is 75.2 Å². The molecule has 0 saturated carbocycles. The molecule has 2 fully saturated rings. The SMILES string of the molecule is N#C/N=C(\NCCCCC1CCN(C(=O)c2cccc(NC(=O)OCc3ccc(O[C@@H]4OC(C(=O)O)C(O)C(O)C4O)c(NC(=O)CCNC(=O)CCCCCN4C(=O)C=CC4=O)c3)c2)CC1)Nc1cccnc1. The molecule has 0 bridgehead atoms. The maximum absolute atomic E-state index is 13.5. The fraction of sp³-hybridized carbons (Fsp3) is 0.440. The van der Waals surface area contributed by atoms with Crippen LogP contribution in [0.2, 0.25) is 0 Å². The summed E-state index contributed by atoms with van der Waals surface area (Å²) < 4.78 is 16.5. The number of hydrogen-bond acceptors (Lipinski definition) is 16. The third-order valence-corrected chi connectivity index (χ3v) is 12.3. The number of pyridine rings is 1. The molecule has 6 rings (SSSR count). The first-order valence-corrected chi connectivity index (χ1v) is 24.2. The van der Waals surface area contributed by atoms with E-state index in [2.05, 4.69) is 36.6 Å². The van der Waals surface area contributed by atoms with Crippen molar-refractivity contribution in [2.24, 2.45) is 10.9 Å². The number of carbonyl (C=O) groups excluding carboxylic acids is 6. The minimum atomic E-state index is -1.98. The molecule has 0 aliphatic carbocycles. The predicted molar refractivity (Wildman–Crippen MR) is 264 cm³/mol. The molecule has 3 aromatic rings. The molecule has 74 heavy (non-hydrogen) atoms. The van der Waals surface area contributed by atoms with Crippen molar-refractivity contribution in [1.29, 1.82) is 5.26 Å². The van der Waals surface area contributed by atoms with Gasteiger partial charge in [0.15, 0.2) is 6.10 Å². The van der Waals surface area contributed by atoms with Gasteiger partial charge in [-0.3, -0.25) is 39.2 Å². The molecule has 2 saturated heterocycles. The van der Waals surface area contributed by atoms with Gasteiger partial charge in [0.25, 0.3) is 17.7 Å². The van der Waals surface area contributed by atoms with E-state index in [0.29, 0.717) is 73.3 Å². The average molecular weight is 1030 g/mol. The number of nitrogens with one attached hydrogen (secondary N) is 5. The van der Waals surface area contributed by atoms with Crippen LogP contribution in [-0.2, 0) is 40.1 Å². The highest BCUT2D eigenvalue weighted by molar-refractivity contribution is 6.12. The summed E-state index contributed by atoms with van der Waals surface area (Å²) in [5.74, 6) is -2.86. The van der Waals surface area contributed by atoms with Crippen LogP contribution in [-0.4, -0.2) is 146 Å². The zero-order valence-corrected chi connectivity index (χ0v) is 40.4. The highest BCUT2D eigenvalue weighted by atomic mass is 16.7. The number of aliphatic hydroxyl groups is 3. The van der Waals surface area contributed by atoms with Crippen molar-refractivity contribution in [1.82, 2.24) is 25.4 Å². The van der Waals surface area contributed by atoms with Crippen molar-refractivity contribution in [3.8, 4) is 11.9 Å². The number of aliphatic carboxylic acids is 1. The minimum Gasteiger partial charge on any atom is -0.479 e. The molecule has 4 heterocycles. The molecule has 394 valence electrons. The standard InChI is InChI=1S/C50H60N10O14/c51-30-55-49(56-35-11-7-20-52-28-35)54-21-4-3-8-31-18-24-59(25-19-31)46(68)33-9-6-10-34(27-33)57-50(71)72-29-32-13-14-37(73-48-44(67)42(65)43(66)45(74-48)47(69)70)36(26-32)58-39(62)17-22-53-38(61)12-2-1-5-23-60-40(63)15-16-41(60)64/h6-7,9-11,13-16,20,26-28,31,42-45,48,65-67H,1-5,8,12,17-19,21-25,29H2,(H,53,61)(H,57,71)(H,58,62)(H,69,70)(H2,54,55,56)/t42?,43?,44?,45?,48-/m1/s1. The van der Waals surface area contributed by atoms with E-state index in [1.807, 2.05) is 6.07 Å². The second-order valence-corrected chi connectivity index (χ2v) is 17.7. The number of carboxylic acid groups (broad SMARTS) is 1. The zero-order valence-electron chi connectivity index (χ0n) is 40.4. The van der Waals surface area contributed by atoms with Gasteiger partial charge in [-0.15, -0.1) is 4.99 Å². The van der Waals surface area contributed by atoms with Crippen LogP contribution >= 0.6 is 0 Å². The maximum atomic E-state index is 13.5. The number of carboxylic acids is 1. The number of nitrogens with zero attached hydrogens (tertiary/aromatic N) is 5. The number of aliphatic imine (C=N–C) groups is 1. The number of benzene rings is 2. The number of unbranched alkanes of at least 4 members (excludes halogenated alkanes) is 3. The van der Waals surface area contributed by atoms with Gasteiger partial charge in [0.05, 0.1) is 17.6 Å². The summed E-state index contributed by atoms with van der Waals surface area (Å²) in [6, 6.07) is 14.2. The van der Waals surface area contributed by atoms with Crippen molar-refractivity contribution in [2.45, 2.75) is 102 Å². The molecule has 4 unspecified atom stereocenters. The van der Waals surface area contributed by atoms with Gasteiger partial charge in [-0.2, -0.15) is 5.26 Å². The predicted octanol–water partition coefficient (Wildman–Crippen LogP) is 2.59. The Morgan fingerprint density at radius 3 is 2.31 bits per heavy atom. The van der Waals surface area contributed by atoms with Crippen LogP contribution in [0.4, 0.5) is 21.9 Å². The van der Waals surface area contributed by atoms with E-state index in [9.17, 15) is 54.0 Å². The van der Waals surface area contributed by atoms with Crippen LogP contribution in [0.15, 0.2) is 84.1 Å². The van der Waals surface area contributed by atoms with E-state index in [1.165, 1.54) is 30.4 Å². The molecule has 9 N–H and O–H groups in total. The Balaban J connectivity index is 0.963. The Morgan fingerprint density at radius 2 is 1.58 bits per heavy atom. The van der Waals surface area contributed by atoms with E-state index in [4.69, 9.17) is 19.5 Å². The van der Waals surface area contributed by atoms with Crippen LogP contribution < -0.4 is 31.3 Å². The number of imide groups is 1. The van der Waals surface area contributed by atoms with Crippen molar-refractivity contribution in [3.05, 3.63) is 90.3 Å². The summed E-state index contributed by atoms with van der Waals surface area (Å²) in [5.41, 5.74) is 1.67.